The minimum absolute atomic E-state index is 0.282. The Hall–Kier alpha value is -0.470. The standard InChI is InChI=1S/C12H19NS/c1-10(2)14-9-12(13)8-11-6-4-3-5-7-11/h3-7,10,12H,8-9,13H2,1-2H3. The maximum absolute atomic E-state index is 6.03. The first kappa shape index (κ1) is 11.6. The van der Waals surface area contributed by atoms with Gasteiger partial charge in [-0.3, -0.25) is 0 Å². The molecule has 1 unspecified atom stereocenters. The van der Waals surface area contributed by atoms with E-state index in [1.165, 1.54) is 5.56 Å². The highest BCUT2D eigenvalue weighted by atomic mass is 32.2. The van der Waals surface area contributed by atoms with Crippen molar-refractivity contribution in [1.82, 2.24) is 0 Å². The molecule has 1 atom stereocenters. The molecule has 1 aromatic rings. The predicted molar refractivity (Wildman–Crippen MR) is 65.7 cm³/mol. The topological polar surface area (TPSA) is 26.0 Å². The van der Waals surface area contributed by atoms with Crippen LogP contribution in [0.5, 0.6) is 0 Å². The Bertz CT molecular complexity index is 246. The molecular weight excluding hydrogens is 190 g/mol. The van der Waals surface area contributed by atoms with Crippen LogP contribution in [0.4, 0.5) is 0 Å². The Morgan fingerprint density at radius 3 is 2.43 bits per heavy atom. The lowest BCUT2D eigenvalue weighted by Gasteiger charge is -2.12. The zero-order valence-corrected chi connectivity index (χ0v) is 9.76. The predicted octanol–water partition coefficient (Wildman–Crippen LogP) is 2.70. The summed E-state index contributed by atoms with van der Waals surface area (Å²) in [7, 11) is 0. The summed E-state index contributed by atoms with van der Waals surface area (Å²) >= 11 is 1.93. The summed E-state index contributed by atoms with van der Waals surface area (Å²) in [4.78, 5) is 0. The van der Waals surface area contributed by atoms with Gasteiger partial charge in [0.15, 0.2) is 0 Å². The van der Waals surface area contributed by atoms with E-state index in [-0.39, 0.29) is 6.04 Å². The van der Waals surface area contributed by atoms with Crippen LogP contribution >= 0.6 is 11.8 Å². The number of thioether (sulfide) groups is 1. The van der Waals surface area contributed by atoms with Gasteiger partial charge in [-0.25, -0.2) is 0 Å². The molecule has 0 fully saturated rings. The first-order valence-electron chi connectivity index (χ1n) is 5.09. The van der Waals surface area contributed by atoms with Gasteiger partial charge in [0.2, 0.25) is 0 Å². The van der Waals surface area contributed by atoms with Gasteiger partial charge in [0, 0.05) is 11.8 Å². The van der Waals surface area contributed by atoms with Crippen molar-refractivity contribution in [2.24, 2.45) is 5.73 Å². The van der Waals surface area contributed by atoms with Gasteiger partial charge in [-0.05, 0) is 17.2 Å². The molecule has 1 aromatic carbocycles. The van der Waals surface area contributed by atoms with Crippen LogP contribution in [0.2, 0.25) is 0 Å². The van der Waals surface area contributed by atoms with Crippen molar-refractivity contribution in [3.63, 3.8) is 0 Å². The van der Waals surface area contributed by atoms with E-state index >= 15 is 0 Å². The molecule has 2 heteroatoms. The average Bonchev–Trinajstić information content (AvgIpc) is 2.16. The zero-order valence-electron chi connectivity index (χ0n) is 8.94. The van der Waals surface area contributed by atoms with Crippen molar-refractivity contribution in [3.05, 3.63) is 35.9 Å². The van der Waals surface area contributed by atoms with Crippen LogP contribution in [0.25, 0.3) is 0 Å². The second-order valence-corrected chi connectivity index (χ2v) is 5.44. The lowest BCUT2D eigenvalue weighted by Crippen LogP contribution is -2.26. The first-order chi connectivity index (χ1) is 6.68. The molecule has 0 aliphatic heterocycles. The smallest absolute Gasteiger partial charge is 0.0171 e. The summed E-state index contributed by atoms with van der Waals surface area (Å²) in [6, 6.07) is 10.7. The van der Waals surface area contributed by atoms with Crippen molar-refractivity contribution in [2.45, 2.75) is 31.6 Å². The Balaban J connectivity index is 2.30. The summed E-state index contributed by atoms with van der Waals surface area (Å²) in [6.07, 6.45) is 0.987. The van der Waals surface area contributed by atoms with E-state index in [1.807, 2.05) is 17.8 Å². The highest BCUT2D eigenvalue weighted by Gasteiger charge is 2.04. The number of hydrogen-bond acceptors (Lipinski definition) is 2. The van der Waals surface area contributed by atoms with E-state index < -0.39 is 0 Å². The molecule has 78 valence electrons. The molecular formula is C12H19NS. The molecule has 0 aromatic heterocycles. The lowest BCUT2D eigenvalue weighted by atomic mass is 10.1. The number of rotatable bonds is 5. The molecule has 0 heterocycles. The molecule has 1 rings (SSSR count). The summed E-state index contributed by atoms with van der Waals surface area (Å²) < 4.78 is 0. The van der Waals surface area contributed by atoms with Crippen LogP contribution in [0.15, 0.2) is 30.3 Å². The van der Waals surface area contributed by atoms with Gasteiger partial charge in [-0.2, -0.15) is 11.8 Å². The van der Waals surface area contributed by atoms with Crippen molar-refractivity contribution in [3.8, 4) is 0 Å². The second-order valence-electron chi connectivity index (χ2n) is 3.83. The molecule has 2 N–H and O–H groups in total. The van der Waals surface area contributed by atoms with Crippen LogP contribution in [0.3, 0.4) is 0 Å². The number of hydrogen-bond donors (Lipinski definition) is 1. The molecule has 1 nitrogen and oxygen atoms in total. The maximum atomic E-state index is 6.03. The monoisotopic (exact) mass is 209 g/mol. The van der Waals surface area contributed by atoms with Gasteiger partial charge >= 0.3 is 0 Å². The van der Waals surface area contributed by atoms with Crippen LogP contribution in [0, 0.1) is 0 Å². The van der Waals surface area contributed by atoms with Crippen LogP contribution in [-0.4, -0.2) is 17.0 Å². The molecule has 14 heavy (non-hydrogen) atoms. The fraction of sp³-hybridized carbons (Fsp3) is 0.500. The van der Waals surface area contributed by atoms with Gasteiger partial charge in [-0.1, -0.05) is 44.2 Å². The molecule has 0 spiro atoms. The van der Waals surface area contributed by atoms with E-state index in [2.05, 4.69) is 38.1 Å². The van der Waals surface area contributed by atoms with Gasteiger partial charge in [-0.15, -0.1) is 0 Å². The van der Waals surface area contributed by atoms with Crippen LogP contribution < -0.4 is 5.73 Å². The van der Waals surface area contributed by atoms with Gasteiger partial charge < -0.3 is 5.73 Å². The van der Waals surface area contributed by atoms with Gasteiger partial charge in [0.25, 0.3) is 0 Å². The van der Waals surface area contributed by atoms with E-state index in [0.717, 1.165) is 12.2 Å². The van der Waals surface area contributed by atoms with E-state index in [1.54, 1.807) is 0 Å². The Kier molecular flexibility index (Phi) is 5.05. The highest BCUT2D eigenvalue weighted by Crippen LogP contribution is 2.12. The largest absolute Gasteiger partial charge is 0.327 e. The van der Waals surface area contributed by atoms with Gasteiger partial charge in [0.1, 0.15) is 0 Å². The lowest BCUT2D eigenvalue weighted by molar-refractivity contribution is 0.747. The van der Waals surface area contributed by atoms with Gasteiger partial charge in [0.05, 0.1) is 0 Å². The molecule has 0 saturated heterocycles. The molecule has 0 aliphatic carbocycles. The fourth-order valence-corrected chi connectivity index (χ4v) is 2.04. The first-order valence-corrected chi connectivity index (χ1v) is 6.14. The Morgan fingerprint density at radius 2 is 1.86 bits per heavy atom. The minimum atomic E-state index is 0.282. The van der Waals surface area contributed by atoms with Crippen LogP contribution in [0.1, 0.15) is 19.4 Å². The zero-order chi connectivity index (χ0) is 10.4. The highest BCUT2D eigenvalue weighted by molar-refractivity contribution is 7.99. The summed E-state index contributed by atoms with van der Waals surface area (Å²) in [5.41, 5.74) is 7.37. The second kappa shape index (κ2) is 6.10. The van der Waals surface area contributed by atoms with E-state index in [9.17, 15) is 0 Å². The SMILES string of the molecule is CC(C)SCC(N)Cc1ccccc1. The van der Waals surface area contributed by atoms with E-state index in [4.69, 9.17) is 5.73 Å². The molecule has 0 bridgehead atoms. The maximum Gasteiger partial charge on any atom is 0.0171 e. The fourth-order valence-electron chi connectivity index (χ4n) is 1.29. The number of benzene rings is 1. The summed E-state index contributed by atoms with van der Waals surface area (Å²) in [6.45, 7) is 4.42. The average molecular weight is 209 g/mol. The van der Waals surface area contributed by atoms with Crippen LogP contribution in [-0.2, 0) is 6.42 Å². The van der Waals surface area contributed by atoms with Crippen molar-refractivity contribution in [1.29, 1.82) is 0 Å². The molecule has 0 aliphatic rings. The third-order valence-corrected chi connectivity index (χ3v) is 3.27. The minimum Gasteiger partial charge on any atom is -0.327 e. The van der Waals surface area contributed by atoms with Crippen molar-refractivity contribution >= 4 is 11.8 Å². The summed E-state index contributed by atoms with van der Waals surface area (Å²) in [5.74, 6) is 1.05. The molecule has 0 saturated carbocycles. The van der Waals surface area contributed by atoms with Crippen molar-refractivity contribution < 1.29 is 0 Å². The normalized spacial score (nSPS) is 13.1. The quantitative estimate of drug-likeness (QED) is 0.807. The third kappa shape index (κ3) is 4.68. The molecule has 0 amide bonds. The summed E-state index contributed by atoms with van der Waals surface area (Å²) in [5, 5.41) is 0.678. The van der Waals surface area contributed by atoms with E-state index in [0.29, 0.717) is 5.25 Å². The molecule has 0 radical (unpaired) electrons. The number of nitrogens with two attached hydrogens (primary N) is 1. The third-order valence-electron chi connectivity index (χ3n) is 1.98. The Labute approximate surface area is 91.1 Å². The van der Waals surface area contributed by atoms with Crippen molar-refractivity contribution in [2.75, 3.05) is 5.75 Å². The Morgan fingerprint density at radius 1 is 1.21 bits per heavy atom.